The van der Waals surface area contributed by atoms with Crippen molar-refractivity contribution in [1.29, 1.82) is 0 Å². The third-order valence-corrected chi connectivity index (χ3v) is 7.97. The van der Waals surface area contributed by atoms with E-state index in [9.17, 15) is 13.2 Å². The Kier molecular flexibility index (Phi) is 7.67. The van der Waals surface area contributed by atoms with Crippen LogP contribution in [-0.2, 0) is 21.5 Å². The molecule has 2 aliphatic heterocycles. The lowest BCUT2D eigenvalue weighted by molar-refractivity contribution is -0.122. The second kappa shape index (κ2) is 10.0. The first-order valence-corrected chi connectivity index (χ1v) is 12.0. The molecule has 0 saturated carbocycles. The van der Waals surface area contributed by atoms with Crippen molar-refractivity contribution in [3.63, 3.8) is 0 Å². The van der Waals surface area contributed by atoms with Crippen LogP contribution in [0.3, 0.4) is 0 Å². The van der Waals surface area contributed by atoms with Gasteiger partial charge in [0.05, 0.1) is 0 Å². The van der Waals surface area contributed by atoms with E-state index in [1.807, 2.05) is 6.07 Å². The molecule has 1 amide bonds. The molecule has 1 N–H and O–H groups in total. The van der Waals surface area contributed by atoms with Crippen LogP contribution in [0.15, 0.2) is 30.3 Å². The average molecular weight is 423 g/mol. The molecule has 2 fully saturated rings. The normalized spacial score (nSPS) is 22.2. The molecule has 0 radical (unpaired) electrons. The van der Waals surface area contributed by atoms with Crippen LogP contribution in [0.5, 0.6) is 0 Å². The number of carbonyl (C=O) groups is 1. The van der Waals surface area contributed by atoms with E-state index < -0.39 is 10.2 Å². The number of nitrogens with one attached hydrogen (secondary N) is 1. The molecular weight excluding hydrogens is 388 g/mol. The van der Waals surface area contributed by atoms with Gasteiger partial charge < -0.3 is 5.32 Å². The van der Waals surface area contributed by atoms with Gasteiger partial charge in [-0.05, 0) is 37.2 Å². The van der Waals surface area contributed by atoms with E-state index in [-0.39, 0.29) is 11.9 Å². The molecule has 162 valence electrons. The van der Waals surface area contributed by atoms with Gasteiger partial charge in [0.2, 0.25) is 5.91 Å². The molecule has 2 heterocycles. The Morgan fingerprint density at radius 1 is 1.10 bits per heavy atom. The largest absolute Gasteiger partial charge is 0.352 e. The lowest BCUT2D eigenvalue weighted by Gasteiger charge is -2.32. The SMILES string of the molecule is CN(C)S(=O)(=O)N1CCC(CCC(=O)N[C@H]2CCN(Cc3ccccc3)C2)CC1. The van der Waals surface area contributed by atoms with Gasteiger partial charge >= 0.3 is 0 Å². The smallest absolute Gasteiger partial charge is 0.281 e. The fourth-order valence-electron chi connectivity index (χ4n) is 4.23. The molecule has 1 aromatic rings. The number of hydrogen-bond acceptors (Lipinski definition) is 4. The van der Waals surface area contributed by atoms with Crippen LogP contribution in [-0.4, -0.2) is 74.2 Å². The first kappa shape index (κ1) is 22.2. The number of rotatable bonds is 8. The lowest BCUT2D eigenvalue weighted by Crippen LogP contribution is -2.44. The van der Waals surface area contributed by atoms with Crippen LogP contribution in [0.4, 0.5) is 0 Å². The summed E-state index contributed by atoms with van der Waals surface area (Å²) < 4.78 is 27.2. The molecule has 0 unspecified atom stereocenters. The standard InChI is InChI=1S/C21H34N4O3S/c1-23(2)29(27,28)25-14-10-18(11-15-25)8-9-21(26)22-20-12-13-24(17-20)16-19-6-4-3-5-7-19/h3-7,18,20H,8-17H2,1-2H3,(H,22,26)/t20-/m0/s1. The molecule has 1 aromatic carbocycles. The Hall–Kier alpha value is -1.48. The van der Waals surface area contributed by atoms with Crippen molar-refractivity contribution >= 4 is 16.1 Å². The first-order chi connectivity index (χ1) is 13.8. The number of carbonyl (C=O) groups excluding carboxylic acids is 1. The molecule has 7 nitrogen and oxygen atoms in total. The van der Waals surface area contributed by atoms with Crippen molar-refractivity contribution in [3.05, 3.63) is 35.9 Å². The minimum atomic E-state index is -3.32. The van der Waals surface area contributed by atoms with Crippen molar-refractivity contribution in [2.75, 3.05) is 40.3 Å². The van der Waals surface area contributed by atoms with E-state index in [1.165, 1.54) is 9.87 Å². The van der Waals surface area contributed by atoms with Gasteiger partial charge in [0, 0.05) is 59.3 Å². The fraction of sp³-hybridized carbons (Fsp3) is 0.667. The van der Waals surface area contributed by atoms with E-state index in [0.29, 0.717) is 25.4 Å². The summed E-state index contributed by atoms with van der Waals surface area (Å²) in [6.45, 7) is 3.94. The molecular formula is C21H34N4O3S. The molecule has 1 atom stereocenters. The Labute approximate surface area is 175 Å². The molecule has 8 heteroatoms. The number of likely N-dealkylation sites (tertiary alicyclic amines) is 1. The highest BCUT2D eigenvalue weighted by Crippen LogP contribution is 2.24. The fourth-order valence-corrected chi connectivity index (χ4v) is 5.36. The van der Waals surface area contributed by atoms with Crippen molar-refractivity contribution in [1.82, 2.24) is 18.8 Å². The van der Waals surface area contributed by atoms with E-state index in [0.717, 1.165) is 45.3 Å². The first-order valence-electron chi connectivity index (χ1n) is 10.6. The number of benzene rings is 1. The summed E-state index contributed by atoms with van der Waals surface area (Å²) in [5.41, 5.74) is 1.31. The Bertz CT molecular complexity index is 761. The van der Waals surface area contributed by atoms with Gasteiger partial charge in [-0.1, -0.05) is 30.3 Å². The molecule has 3 rings (SSSR count). The van der Waals surface area contributed by atoms with Crippen molar-refractivity contribution in [2.45, 2.75) is 44.7 Å². The van der Waals surface area contributed by atoms with Gasteiger partial charge in [-0.25, -0.2) is 0 Å². The highest BCUT2D eigenvalue weighted by atomic mass is 32.2. The van der Waals surface area contributed by atoms with E-state index >= 15 is 0 Å². The quantitative estimate of drug-likeness (QED) is 0.692. The molecule has 2 aliphatic rings. The monoisotopic (exact) mass is 422 g/mol. The number of hydrogen-bond donors (Lipinski definition) is 1. The molecule has 2 saturated heterocycles. The van der Waals surface area contributed by atoms with Gasteiger partial charge in [-0.15, -0.1) is 0 Å². The van der Waals surface area contributed by atoms with Gasteiger partial charge in [0.1, 0.15) is 0 Å². The number of amides is 1. The zero-order valence-electron chi connectivity index (χ0n) is 17.6. The Morgan fingerprint density at radius 3 is 2.45 bits per heavy atom. The Balaban J connectivity index is 1.34. The van der Waals surface area contributed by atoms with Gasteiger partial charge in [-0.2, -0.15) is 17.0 Å². The van der Waals surface area contributed by atoms with Crippen molar-refractivity contribution < 1.29 is 13.2 Å². The zero-order chi connectivity index (χ0) is 20.9. The summed E-state index contributed by atoms with van der Waals surface area (Å²) in [6.07, 6.45) is 4.02. The molecule has 29 heavy (non-hydrogen) atoms. The average Bonchev–Trinajstić information content (AvgIpc) is 3.14. The minimum Gasteiger partial charge on any atom is -0.352 e. The van der Waals surface area contributed by atoms with Gasteiger partial charge in [0.25, 0.3) is 10.2 Å². The van der Waals surface area contributed by atoms with Crippen LogP contribution in [0.25, 0.3) is 0 Å². The topological polar surface area (TPSA) is 73.0 Å². The summed E-state index contributed by atoms with van der Waals surface area (Å²) in [6, 6.07) is 10.7. The van der Waals surface area contributed by atoms with Gasteiger partial charge in [-0.3, -0.25) is 9.69 Å². The van der Waals surface area contributed by atoms with E-state index in [1.54, 1.807) is 18.4 Å². The predicted octanol–water partition coefficient (Wildman–Crippen LogP) is 1.68. The molecule has 0 spiro atoms. The second-order valence-electron chi connectivity index (χ2n) is 8.45. The minimum absolute atomic E-state index is 0.125. The maximum Gasteiger partial charge on any atom is 0.281 e. The lowest BCUT2D eigenvalue weighted by atomic mass is 9.93. The van der Waals surface area contributed by atoms with Crippen LogP contribution >= 0.6 is 0 Å². The van der Waals surface area contributed by atoms with Crippen molar-refractivity contribution in [2.24, 2.45) is 5.92 Å². The molecule has 0 aliphatic carbocycles. The van der Waals surface area contributed by atoms with Gasteiger partial charge in [0.15, 0.2) is 0 Å². The summed E-state index contributed by atoms with van der Waals surface area (Å²) in [7, 11) is -0.185. The van der Waals surface area contributed by atoms with Crippen LogP contribution in [0.1, 0.15) is 37.7 Å². The van der Waals surface area contributed by atoms with Crippen molar-refractivity contribution in [3.8, 4) is 0 Å². The zero-order valence-corrected chi connectivity index (χ0v) is 18.4. The second-order valence-corrected chi connectivity index (χ2v) is 10.6. The van der Waals surface area contributed by atoms with E-state index in [4.69, 9.17) is 0 Å². The maximum atomic E-state index is 12.4. The third-order valence-electron chi connectivity index (χ3n) is 6.03. The van der Waals surface area contributed by atoms with Crippen LogP contribution < -0.4 is 5.32 Å². The predicted molar refractivity (Wildman–Crippen MR) is 114 cm³/mol. The highest BCUT2D eigenvalue weighted by Gasteiger charge is 2.30. The summed E-state index contributed by atoms with van der Waals surface area (Å²) in [4.78, 5) is 14.8. The Morgan fingerprint density at radius 2 is 1.79 bits per heavy atom. The molecule has 0 aromatic heterocycles. The van der Waals surface area contributed by atoms with Crippen LogP contribution in [0, 0.1) is 5.92 Å². The molecule has 0 bridgehead atoms. The third kappa shape index (κ3) is 6.25. The maximum absolute atomic E-state index is 12.4. The summed E-state index contributed by atoms with van der Waals surface area (Å²) in [5, 5.41) is 3.19. The van der Waals surface area contributed by atoms with Crippen LogP contribution in [0.2, 0.25) is 0 Å². The number of piperidine rings is 1. The highest BCUT2D eigenvalue weighted by molar-refractivity contribution is 7.86. The summed E-state index contributed by atoms with van der Waals surface area (Å²) >= 11 is 0. The number of nitrogens with zero attached hydrogens (tertiary/aromatic N) is 3. The van der Waals surface area contributed by atoms with E-state index in [2.05, 4.69) is 34.5 Å². The summed E-state index contributed by atoms with van der Waals surface area (Å²) in [5.74, 6) is 0.549.